The van der Waals surface area contributed by atoms with Crippen molar-refractivity contribution in [2.24, 2.45) is 5.92 Å². The molecule has 1 aliphatic carbocycles. The van der Waals surface area contributed by atoms with Crippen molar-refractivity contribution < 1.29 is 9.84 Å². The predicted molar refractivity (Wildman–Crippen MR) is 65.4 cm³/mol. The largest absolute Gasteiger partial charge is 0.390 e. The first-order valence-corrected chi connectivity index (χ1v) is 7.06. The lowest BCUT2D eigenvalue weighted by atomic mass is 9.81. The fraction of sp³-hybridized carbons (Fsp3) is 1.00. The Morgan fingerprint density at radius 1 is 1.31 bits per heavy atom. The summed E-state index contributed by atoms with van der Waals surface area (Å²) in [5.41, 5.74) is -0.410. The number of rotatable bonds is 4. The molecule has 1 N–H and O–H groups in total. The molecule has 2 atom stereocenters. The molecule has 2 unspecified atom stereocenters. The molecule has 2 rings (SSSR count). The molecule has 2 nitrogen and oxygen atoms in total. The zero-order chi connectivity index (χ0) is 11.4. The van der Waals surface area contributed by atoms with Crippen LogP contribution in [0.5, 0.6) is 0 Å². The molecule has 0 aromatic rings. The first-order chi connectivity index (χ1) is 7.72. The van der Waals surface area contributed by atoms with Gasteiger partial charge in [-0.05, 0) is 25.2 Å². The fourth-order valence-electron chi connectivity index (χ4n) is 3.44. The molecule has 0 amide bonds. The number of aliphatic hydroxyl groups is 1. The van der Waals surface area contributed by atoms with Crippen LogP contribution in [0.15, 0.2) is 0 Å². The first-order valence-electron chi connectivity index (χ1n) is 7.06. The molecule has 0 spiro atoms. The van der Waals surface area contributed by atoms with Crippen LogP contribution in [0.3, 0.4) is 0 Å². The number of hydrogen-bond donors (Lipinski definition) is 1. The molecule has 0 bridgehead atoms. The smallest absolute Gasteiger partial charge is 0.0697 e. The molecule has 0 aromatic carbocycles. The minimum Gasteiger partial charge on any atom is -0.390 e. The Kier molecular flexibility index (Phi) is 4.26. The average molecular weight is 226 g/mol. The van der Waals surface area contributed by atoms with E-state index in [1.807, 2.05) is 0 Å². The predicted octanol–water partition coefficient (Wildman–Crippen LogP) is 3.28. The van der Waals surface area contributed by atoms with E-state index in [0.717, 1.165) is 44.6 Å². The van der Waals surface area contributed by atoms with Gasteiger partial charge in [-0.15, -0.1) is 0 Å². The maximum atomic E-state index is 10.6. The van der Waals surface area contributed by atoms with Gasteiger partial charge in [0.1, 0.15) is 0 Å². The van der Waals surface area contributed by atoms with E-state index in [2.05, 4.69) is 6.92 Å². The Bertz CT molecular complexity index is 209. The lowest BCUT2D eigenvalue weighted by Crippen LogP contribution is -2.42. The molecule has 2 fully saturated rings. The van der Waals surface area contributed by atoms with Gasteiger partial charge in [-0.3, -0.25) is 0 Å². The molecule has 2 aliphatic rings. The normalized spacial score (nSPS) is 36.8. The van der Waals surface area contributed by atoms with Crippen molar-refractivity contribution in [3.8, 4) is 0 Å². The molecule has 1 heterocycles. The molecule has 2 heteroatoms. The van der Waals surface area contributed by atoms with E-state index >= 15 is 0 Å². The highest BCUT2D eigenvalue weighted by molar-refractivity contribution is 4.88. The van der Waals surface area contributed by atoms with E-state index < -0.39 is 5.60 Å². The van der Waals surface area contributed by atoms with Gasteiger partial charge in [0.15, 0.2) is 0 Å². The van der Waals surface area contributed by atoms with Crippen LogP contribution in [-0.4, -0.2) is 23.4 Å². The van der Waals surface area contributed by atoms with Crippen LogP contribution in [0.4, 0.5) is 0 Å². The molecule has 16 heavy (non-hydrogen) atoms. The van der Waals surface area contributed by atoms with Gasteiger partial charge in [0.05, 0.1) is 11.7 Å². The van der Waals surface area contributed by atoms with Crippen molar-refractivity contribution in [1.29, 1.82) is 0 Å². The third kappa shape index (κ3) is 3.21. The third-order valence-corrected chi connectivity index (χ3v) is 4.28. The standard InChI is InChI=1S/C14H26O2/c1-2-5-13-11-14(15,8-9-16-13)10-12-6-3-4-7-12/h12-13,15H,2-11H2,1H3. The Morgan fingerprint density at radius 2 is 2.06 bits per heavy atom. The van der Waals surface area contributed by atoms with Crippen LogP contribution in [0.25, 0.3) is 0 Å². The highest BCUT2D eigenvalue weighted by Crippen LogP contribution is 2.38. The van der Waals surface area contributed by atoms with E-state index in [4.69, 9.17) is 4.74 Å². The average Bonchev–Trinajstić information content (AvgIpc) is 2.70. The Labute approximate surface area is 99.4 Å². The van der Waals surface area contributed by atoms with Crippen LogP contribution in [-0.2, 0) is 4.74 Å². The van der Waals surface area contributed by atoms with Crippen LogP contribution in [0.2, 0.25) is 0 Å². The van der Waals surface area contributed by atoms with Gasteiger partial charge in [0.25, 0.3) is 0 Å². The minimum absolute atomic E-state index is 0.310. The topological polar surface area (TPSA) is 29.5 Å². The lowest BCUT2D eigenvalue weighted by Gasteiger charge is -2.38. The second-order valence-electron chi connectivity index (χ2n) is 5.81. The Balaban J connectivity index is 1.84. The van der Waals surface area contributed by atoms with E-state index in [9.17, 15) is 5.11 Å². The van der Waals surface area contributed by atoms with Gasteiger partial charge in [-0.25, -0.2) is 0 Å². The quantitative estimate of drug-likeness (QED) is 0.797. The molecular formula is C14H26O2. The highest BCUT2D eigenvalue weighted by Gasteiger charge is 2.37. The number of ether oxygens (including phenoxy) is 1. The fourth-order valence-corrected chi connectivity index (χ4v) is 3.44. The lowest BCUT2D eigenvalue weighted by molar-refractivity contribution is -0.114. The molecule has 1 aliphatic heterocycles. The van der Waals surface area contributed by atoms with Gasteiger partial charge in [0, 0.05) is 13.0 Å². The highest BCUT2D eigenvalue weighted by atomic mass is 16.5. The third-order valence-electron chi connectivity index (χ3n) is 4.28. The number of hydrogen-bond acceptors (Lipinski definition) is 2. The minimum atomic E-state index is -0.410. The summed E-state index contributed by atoms with van der Waals surface area (Å²) in [6, 6.07) is 0. The van der Waals surface area contributed by atoms with E-state index in [-0.39, 0.29) is 0 Å². The van der Waals surface area contributed by atoms with Crippen molar-refractivity contribution in [2.75, 3.05) is 6.61 Å². The maximum Gasteiger partial charge on any atom is 0.0697 e. The van der Waals surface area contributed by atoms with E-state index in [1.54, 1.807) is 0 Å². The zero-order valence-corrected chi connectivity index (χ0v) is 10.6. The van der Waals surface area contributed by atoms with E-state index in [0.29, 0.717) is 6.10 Å². The van der Waals surface area contributed by atoms with Crippen molar-refractivity contribution in [2.45, 2.75) is 76.4 Å². The summed E-state index contributed by atoms with van der Waals surface area (Å²) in [4.78, 5) is 0. The van der Waals surface area contributed by atoms with Crippen LogP contribution in [0, 0.1) is 5.92 Å². The van der Waals surface area contributed by atoms with Crippen molar-refractivity contribution >= 4 is 0 Å². The monoisotopic (exact) mass is 226 g/mol. The van der Waals surface area contributed by atoms with Crippen LogP contribution >= 0.6 is 0 Å². The summed E-state index contributed by atoms with van der Waals surface area (Å²) in [6.07, 6.45) is 10.7. The summed E-state index contributed by atoms with van der Waals surface area (Å²) >= 11 is 0. The summed E-state index contributed by atoms with van der Waals surface area (Å²) in [7, 11) is 0. The molecule has 0 radical (unpaired) electrons. The molecule has 1 saturated heterocycles. The zero-order valence-electron chi connectivity index (χ0n) is 10.6. The van der Waals surface area contributed by atoms with Gasteiger partial charge < -0.3 is 9.84 Å². The second kappa shape index (κ2) is 5.50. The second-order valence-corrected chi connectivity index (χ2v) is 5.81. The molecule has 94 valence electrons. The van der Waals surface area contributed by atoms with Gasteiger partial charge in [-0.2, -0.15) is 0 Å². The van der Waals surface area contributed by atoms with Gasteiger partial charge in [-0.1, -0.05) is 39.0 Å². The van der Waals surface area contributed by atoms with Gasteiger partial charge >= 0.3 is 0 Å². The Morgan fingerprint density at radius 3 is 2.75 bits per heavy atom. The first kappa shape index (κ1) is 12.4. The van der Waals surface area contributed by atoms with Gasteiger partial charge in [0.2, 0.25) is 0 Å². The van der Waals surface area contributed by atoms with Crippen molar-refractivity contribution in [3.63, 3.8) is 0 Å². The summed E-state index contributed by atoms with van der Waals surface area (Å²) < 4.78 is 5.72. The van der Waals surface area contributed by atoms with Crippen molar-refractivity contribution in [1.82, 2.24) is 0 Å². The maximum absolute atomic E-state index is 10.6. The van der Waals surface area contributed by atoms with Crippen molar-refractivity contribution in [3.05, 3.63) is 0 Å². The van der Waals surface area contributed by atoms with E-state index in [1.165, 1.54) is 25.7 Å². The SMILES string of the molecule is CCCC1CC(O)(CC2CCCC2)CCO1. The molecule has 1 saturated carbocycles. The molecular weight excluding hydrogens is 200 g/mol. The summed E-state index contributed by atoms with van der Waals surface area (Å²) in [5.74, 6) is 0.783. The van der Waals surface area contributed by atoms with Crippen LogP contribution < -0.4 is 0 Å². The summed E-state index contributed by atoms with van der Waals surface area (Å²) in [5, 5.41) is 10.6. The summed E-state index contributed by atoms with van der Waals surface area (Å²) in [6.45, 7) is 2.95. The Hall–Kier alpha value is -0.0800. The van der Waals surface area contributed by atoms with Crippen LogP contribution in [0.1, 0.15) is 64.7 Å². The molecule has 0 aromatic heterocycles.